The van der Waals surface area contributed by atoms with Gasteiger partial charge in [0.1, 0.15) is 0 Å². The average molecular weight is 254 g/mol. The Bertz CT molecular complexity index is 560. The average Bonchev–Trinajstić information content (AvgIpc) is 2.87. The Labute approximate surface area is 113 Å². The van der Waals surface area contributed by atoms with Gasteiger partial charge in [0.05, 0.1) is 0 Å². The number of hydrogen-bond donors (Lipinski definition) is 2. The zero-order chi connectivity index (χ0) is 13.2. The number of nitrogens with one attached hydrogen (secondary N) is 2. The molecule has 2 N–H and O–H groups in total. The number of rotatable bonds is 2. The van der Waals surface area contributed by atoms with E-state index in [2.05, 4.69) is 22.8 Å². The lowest BCUT2D eigenvalue weighted by molar-refractivity contribution is 0.0924. The quantitative estimate of drug-likeness (QED) is 0.793. The molecule has 2 aliphatic heterocycles. The number of amides is 1. The molecule has 1 fully saturated rings. The Morgan fingerprint density at radius 3 is 3.00 bits per heavy atom. The van der Waals surface area contributed by atoms with Crippen molar-refractivity contribution < 1.29 is 4.79 Å². The molecule has 0 saturated carbocycles. The minimum absolute atomic E-state index is 0.0567. The molecule has 3 heteroatoms. The summed E-state index contributed by atoms with van der Waals surface area (Å²) in [5.41, 5.74) is 3.07. The van der Waals surface area contributed by atoms with Gasteiger partial charge in [-0.25, -0.2) is 0 Å². The van der Waals surface area contributed by atoms with Gasteiger partial charge in [-0.05, 0) is 24.1 Å². The number of carbonyl (C=O) groups excluding carboxylic acids is 1. The van der Waals surface area contributed by atoms with Crippen LogP contribution in [0.2, 0.25) is 0 Å². The Balaban J connectivity index is 1.96. The Morgan fingerprint density at radius 1 is 1.26 bits per heavy atom. The van der Waals surface area contributed by atoms with E-state index in [0.29, 0.717) is 5.92 Å². The molecule has 19 heavy (non-hydrogen) atoms. The molecule has 2 atom stereocenters. The van der Waals surface area contributed by atoms with Gasteiger partial charge in [-0.15, -0.1) is 0 Å². The Hall–Kier alpha value is -1.87. The van der Waals surface area contributed by atoms with Gasteiger partial charge in [0.25, 0.3) is 5.91 Å². The van der Waals surface area contributed by atoms with E-state index in [9.17, 15) is 4.79 Å². The predicted octanol–water partition coefficient (Wildman–Crippen LogP) is 2.07. The second kappa shape index (κ2) is 5.02. The minimum atomic E-state index is 0.0567. The Kier molecular flexibility index (Phi) is 3.22. The monoisotopic (exact) mass is 254 g/mol. The van der Waals surface area contributed by atoms with Gasteiger partial charge in [-0.1, -0.05) is 36.4 Å². The highest BCUT2D eigenvalue weighted by molar-refractivity contribution is 5.98. The summed E-state index contributed by atoms with van der Waals surface area (Å²) in [5.74, 6) is 0.475. The SMILES string of the molecule is CC=CC=Cc1ccc2c(c1)C(=O)N[C@H]1CNC[C@H]21. The lowest BCUT2D eigenvalue weighted by Gasteiger charge is -2.28. The topological polar surface area (TPSA) is 41.1 Å². The first-order chi connectivity index (χ1) is 9.29. The van der Waals surface area contributed by atoms with Crippen molar-refractivity contribution in [2.45, 2.75) is 18.9 Å². The largest absolute Gasteiger partial charge is 0.347 e. The van der Waals surface area contributed by atoms with E-state index in [-0.39, 0.29) is 11.9 Å². The molecule has 0 bridgehead atoms. The number of benzene rings is 1. The summed E-state index contributed by atoms with van der Waals surface area (Å²) >= 11 is 0. The first-order valence-electron chi connectivity index (χ1n) is 6.74. The smallest absolute Gasteiger partial charge is 0.251 e. The van der Waals surface area contributed by atoms with E-state index in [4.69, 9.17) is 0 Å². The van der Waals surface area contributed by atoms with Gasteiger partial charge in [0, 0.05) is 30.6 Å². The van der Waals surface area contributed by atoms with Crippen LogP contribution in [0.1, 0.15) is 34.3 Å². The van der Waals surface area contributed by atoms with E-state index in [1.165, 1.54) is 5.56 Å². The first-order valence-corrected chi connectivity index (χ1v) is 6.74. The standard InChI is InChI=1S/C16H18N2O/c1-2-3-4-5-11-6-7-12-13(8-11)16(19)18-15-10-17-9-14(12)15/h2-8,14-15,17H,9-10H2,1H3,(H,18,19)/t14-,15+/m1/s1. The maximum Gasteiger partial charge on any atom is 0.251 e. The Morgan fingerprint density at radius 2 is 2.16 bits per heavy atom. The van der Waals surface area contributed by atoms with Crippen LogP contribution in [-0.2, 0) is 0 Å². The van der Waals surface area contributed by atoms with Crippen LogP contribution in [0, 0.1) is 0 Å². The molecule has 1 aromatic rings. The third-order valence-corrected chi connectivity index (χ3v) is 3.84. The van der Waals surface area contributed by atoms with Gasteiger partial charge in [-0.2, -0.15) is 0 Å². The molecule has 2 heterocycles. The molecule has 3 nitrogen and oxygen atoms in total. The fourth-order valence-electron chi connectivity index (χ4n) is 2.88. The molecule has 0 radical (unpaired) electrons. The van der Waals surface area contributed by atoms with Crippen molar-refractivity contribution in [3.05, 3.63) is 53.1 Å². The third-order valence-electron chi connectivity index (χ3n) is 3.84. The predicted molar refractivity (Wildman–Crippen MR) is 77.2 cm³/mol. The fraction of sp³-hybridized carbons (Fsp3) is 0.312. The number of hydrogen-bond acceptors (Lipinski definition) is 2. The summed E-state index contributed by atoms with van der Waals surface area (Å²) in [6.07, 6.45) is 7.97. The molecular formula is C16H18N2O. The number of allylic oxidation sites excluding steroid dienone is 3. The molecule has 1 aromatic carbocycles. The molecule has 3 rings (SSSR count). The summed E-state index contributed by atoms with van der Waals surface area (Å²) in [6, 6.07) is 6.43. The molecule has 1 saturated heterocycles. The van der Waals surface area contributed by atoms with Crippen LogP contribution < -0.4 is 10.6 Å². The summed E-state index contributed by atoms with van der Waals surface area (Å²) in [4.78, 5) is 12.1. The van der Waals surface area contributed by atoms with E-state index in [0.717, 1.165) is 24.2 Å². The van der Waals surface area contributed by atoms with Crippen molar-refractivity contribution in [1.29, 1.82) is 0 Å². The number of carbonyl (C=O) groups is 1. The highest BCUT2D eigenvalue weighted by atomic mass is 16.1. The molecule has 98 valence electrons. The molecule has 0 aromatic heterocycles. The molecule has 2 aliphatic rings. The van der Waals surface area contributed by atoms with Crippen LogP contribution in [0.3, 0.4) is 0 Å². The van der Waals surface area contributed by atoms with E-state index < -0.39 is 0 Å². The van der Waals surface area contributed by atoms with Crippen LogP contribution >= 0.6 is 0 Å². The van der Waals surface area contributed by atoms with E-state index in [1.54, 1.807) is 0 Å². The molecular weight excluding hydrogens is 236 g/mol. The molecule has 0 spiro atoms. The zero-order valence-electron chi connectivity index (χ0n) is 11.0. The van der Waals surface area contributed by atoms with E-state index >= 15 is 0 Å². The summed E-state index contributed by atoms with van der Waals surface area (Å²) in [7, 11) is 0. The summed E-state index contributed by atoms with van der Waals surface area (Å²) in [6.45, 7) is 3.81. The second-order valence-electron chi connectivity index (χ2n) is 5.08. The van der Waals surface area contributed by atoms with Gasteiger partial charge in [0.15, 0.2) is 0 Å². The van der Waals surface area contributed by atoms with Crippen molar-refractivity contribution in [2.75, 3.05) is 13.1 Å². The van der Waals surface area contributed by atoms with Crippen molar-refractivity contribution in [1.82, 2.24) is 10.6 Å². The lowest BCUT2D eigenvalue weighted by atomic mass is 9.85. The van der Waals surface area contributed by atoms with Crippen LogP contribution in [-0.4, -0.2) is 25.0 Å². The highest BCUT2D eigenvalue weighted by Crippen LogP contribution is 2.31. The van der Waals surface area contributed by atoms with Crippen molar-refractivity contribution >= 4 is 12.0 Å². The zero-order valence-corrected chi connectivity index (χ0v) is 11.0. The van der Waals surface area contributed by atoms with Crippen molar-refractivity contribution in [3.63, 3.8) is 0 Å². The lowest BCUT2D eigenvalue weighted by Crippen LogP contribution is -2.44. The summed E-state index contributed by atoms with van der Waals surface area (Å²) < 4.78 is 0. The van der Waals surface area contributed by atoms with Gasteiger partial charge in [0.2, 0.25) is 0 Å². The maximum atomic E-state index is 12.1. The fourth-order valence-corrected chi connectivity index (χ4v) is 2.88. The highest BCUT2D eigenvalue weighted by Gasteiger charge is 2.36. The van der Waals surface area contributed by atoms with Crippen molar-refractivity contribution in [3.8, 4) is 0 Å². The normalized spacial score (nSPS) is 25.6. The van der Waals surface area contributed by atoms with Crippen LogP contribution in [0.4, 0.5) is 0 Å². The van der Waals surface area contributed by atoms with E-state index in [1.807, 2.05) is 37.3 Å². The molecule has 1 amide bonds. The molecule has 0 unspecified atom stereocenters. The maximum absolute atomic E-state index is 12.1. The first kappa shape index (κ1) is 12.2. The second-order valence-corrected chi connectivity index (χ2v) is 5.08. The third kappa shape index (κ3) is 2.22. The van der Waals surface area contributed by atoms with Crippen LogP contribution in [0.5, 0.6) is 0 Å². The summed E-state index contributed by atoms with van der Waals surface area (Å²) in [5, 5.41) is 6.43. The van der Waals surface area contributed by atoms with Gasteiger partial charge >= 0.3 is 0 Å². The van der Waals surface area contributed by atoms with Crippen molar-refractivity contribution in [2.24, 2.45) is 0 Å². The molecule has 0 aliphatic carbocycles. The number of fused-ring (bicyclic) bond motifs is 3. The van der Waals surface area contributed by atoms with Gasteiger partial charge in [-0.3, -0.25) is 4.79 Å². The van der Waals surface area contributed by atoms with Gasteiger partial charge < -0.3 is 10.6 Å². The minimum Gasteiger partial charge on any atom is -0.347 e. The van der Waals surface area contributed by atoms with Crippen LogP contribution in [0.15, 0.2) is 36.4 Å². The van der Waals surface area contributed by atoms with Crippen LogP contribution in [0.25, 0.3) is 6.08 Å².